The SMILES string of the molecule is O=C(NOCCN1CCCC1=O)C1C=CCC1. The molecule has 94 valence electrons. The van der Waals surface area contributed by atoms with E-state index >= 15 is 0 Å². The number of nitrogens with zero attached hydrogens (tertiary/aromatic N) is 1. The van der Waals surface area contributed by atoms with Gasteiger partial charge in [0, 0.05) is 19.5 Å². The van der Waals surface area contributed by atoms with E-state index in [4.69, 9.17) is 4.84 Å². The lowest BCUT2D eigenvalue weighted by atomic mass is 10.1. The Bertz CT molecular complexity index is 328. The first-order valence-corrected chi connectivity index (χ1v) is 6.13. The number of allylic oxidation sites excluding steroid dienone is 1. The van der Waals surface area contributed by atoms with E-state index in [-0.39, 0.29) is 17.7 Å². The van der Waals surface area contributed by atoms with Crippen molar-refractivity contribution in [1.29, 1.82) is 0 Å². The summed E-state index contributed by atoms with van der Waals surface area (Å²) in [7, 11) is 0. The third-order valence-electron chi connectivity index (χ3n) is 3.16. The first kappa shape index (κ1) is 12.1. The molecule has 1 fully saturated rings. The molecule has 2 amide bonds. The van der Waals surface area contributed by atoms with Crippen molar-refractivity contribution < 1.29 is 14.4 Å². The Kier molecular flexibility index (Phi) is 4.14. The number of amides is 2. The van der Waals surface area contributed by atoms with E-state index < -0.39 is 0 Å². The molecule has 0 aromatic rings. The average molecular weight is 238 g/mol. The number of likely N-dealkylation sites (tertiary alicyclic amines) is 1. The Morgan fingerprint density at radius 3 is 3.12 bits per heavy atom. The van der Waals surface area contributed by atoms with E-state index in [1.165, 1.54) is 0 Å². The van der Waals surface area contributed by atoms with Crippen molar-refractivity contribution in [3.63, 3.8) is 0 Å². The van der Waals surface area contributed by atoms with Crippen LogP contribution < -0.4 is 5.48 Å². The van der Waals surface area contributed by atoms with Gasteiger partial charge >= 0.3 is 0 Å². The zero-order valence-electron chi connectivity index (χ0n) is 9.85. The maximum Gasteiger partial charge on any atom is 0.250 e. The van der Waals surface area contributed by atoms with Crippen molar-refractivity contribution in [3.05, 3.63) is 12.2 Å². The number of nitrogens with one attached hydrogen (secondary N) is 1. The van der Waals surface area contributed by atoms with E-state index in [1.807, 2.05) is 12.2 Å². The van der Waals surface area contributed by atoms with Gasteiger partial charge in [-0.15, -0.1) is 0 Å². The predicted molar refractivity (Wildman–Crippen MR) is 61.8 cm³/mol. The molecule has 1 aliphatic heterocycles. The van der Waals surface area contributed by atoms with Gasteiger partial charge in [0.05, 0.1) is 12.5 Å². The number of carbonyl (C=O) groups is 2. The first-order chi connectivity index (χ1) is 8.27. The highest BCUT2D eigenvalue weighted by Crippen LogP contribution is 2.16. The third kappa shape index (κ3) is 3.30. The van der Waals surface area contributed by atoms with E-state index in [9.17, 15) is 9.59 Å². The molecule has 1 aliphatic carbocycles. The smallest absolute Gasteiger partial charge is 0.250 e. The number of hydrogen-bond acceptors (Lipinski definition) is 3. The van der Waals surface area contributed by atoms with Gasteiger partial charge in [0.15, 0.2) is 0 Å². The molecular formula is C12H18N2O3. The molecule has 0 aromatic carbocycles. The van der Waals surface area contributed by atoms with Gasteiger partial charge in [-0.1, -0.05) is 12.2 Å². The standard InChI is InChI=1S/C12H18N2O3/c15-11-6-3-7-14(11)8-9-17-13-12(16)10-4-1-2-5-10/h1,4,10H,2-3,5-9H2,(H,13,16). The van der Waals surface area contributed by atoms with E-state index in [0.29, 0.717) is 19.6 Å². The molecule has 0 aromatic heterocycles. The number of rotatable bonds is 5. The minimum atomic E-state index is -0.0912. The number of hydroxylamine groups is 1. The number of carbonyl (C=O) groups excluding carboxylic acids is 2. The van der Waals surface area contributed by atoms with E-state index in [0.717, 1.165) is 25.8 Å². The van der Waals surface area contributed by atoms with Crippen LogP contribution in [0.15, 0.2) is 12.2 Å². The summed E-state index contributed by atoms with van der Waals surface area (Å²) >= 11 is 0. The molecular weight excluding hydrogens is 220 g/mol. The van der Waals surface area contributed by atoms with E-state index in [2.05, 4.69) is 5.48 Å². The van der Waals surface area contributed by atoms with Crippen LogP contribution in [0, 0.1) is 5.92 Å². The van der Waals surface area contributed by atoms with Crippen molar-refractivity contribution in [3.8, 4) is 0 Å². The van der Waals surface area contributed by atoms with Crippen LogP contribution in [0.25, 0.3) is 0 Å². The second-order valence-electron chi connectivity index (χ2n) is 4.41. The highest BCUT2D eigenvalue weighted by atomic mass is 16.7. The molecule has 0 saturated carbocycles. The summed E-state index contributed by atoms with van der Waals surface area (Å²) in [6, 6.07) is 0. The van der Waals surface area contributed by atoms with Gasteiger partial charge in [0.1, 0.15) is 0 Å². The van der Waals surface area contributed by atoms with Crippen LogP contribution >= 0.6 is 0 Å². The molecule has 1 atom stereocenters. The molecule has 1 saturated heterocycles. The van der Waals surface area contributed by atoms with Gasteiger partial charge in [-0.05, 0) is 19.3 Å². The molecule has 2 rings (SSSR count). The van der Waals surface area contributed by atoms with Crippen molar-refractivity contribution >= 4 is 11.8 Å². The predicted octanol–water partition coefficient (Wildman–Crippen LogP) is 0.623. The van der Waals surface area contributed by atoms with Gasteiger partial charge in [-0.3, -0.25) is 14.4 Å². The normalized spacial score (nSPS) is 23.4. The Morgan fingerprint density at radius 2 is 2.47 bits per heavy atom. The molecule has 1 unspecified atom stereocenters. The molecule has 1 N–H and O–H groups in total. The molecule has 0 radical (unpaired) electrons. The molecule has 0 spiro atoms. The largest absolute Gasteiger partial charge is 0.340 e. The molecule has 0 bridgehead atoms. The van der Waals surface area contributed by atoms with Crippen LogP contribution in [0.5, 0.6) is 0 Å². The molecule has 1 heterocycles. The second kappa shape index (κ2) is 5.82. The van der Waals surface area contributed by atoms with Crippen LogP contribution in [-0.2, 0) is 14.4 Å². The Morgan fingerprint density at radius 1 is 1.59 bits per heavy atom. The van der Waals surface area contributed by atoms with Crippen LogP contribution in [-0.4, -0.2) is 36.4 Å². The van der Waals surface area contributed by atoms with Gasteiger partial charge in [0.2, 0.25) is 11.8 Å². The zero-order valence-corrected chi connectivity index (χ0v) is 9.85. The van der Waals surface area contributed by atoms with Crippen molar-refractivity contribution in [2.45, 2.75) is 25.7 Å². The average Bonchev–Trinajstić information content (AvgIpc) is 2.96. The summed E-state index contributed by atoms with van der Waals surface area (Å²) in [5.74, 6) is 0.0357. The van der Waals surface area contributed by atoms with Crippen LogP contribution in [0.3, 0.4) is 0 Å². The third-order valence-corrected chi connectivity index (χ3v) is 3.16. The topological polar surface area (TPSA) is 58.6 Å². The minimum Gasteiger partial charge on any atom is -0.340 e. The monoisotopic (exact) mass is 238 g/mol. The van der Waals surface area contributed by atoms with Crippen LogP contribution in [0.4, 0.5) is 0 Å². The van der Waals surface area contributed by atoms with Crippen molar-refractivity contribution in [1.82, 2.24) is 10.4 Å². The lowest BCUT2D eigenvalue weighted by Gasteiger charge is -2.15. The lowest BCUT2D eigenvalue weighted by molar-refractivity contribution is -0.137. The minimum absolute atomic E-state index is 0.0524. The molecule has 5 nitrogen and oxygen atoms in total. The summed E-state index contributed by atoms with van der Waals surface area (Å²) in [6.45, 7) is 1.72. The summed E-state index contributed by atoms with van der Waals surface area (Å²) in [5.41, 5.74) is 2.44. The molecule has 5 heteroatoms. The highest BCUT2D eigenvalue weighted by molar-refractivity contribution is 5.79. The Labute approximate surface area is 101 Å². The van der Waals surface area contributed by atoms with Gasteiger partial charge in [-0.2, -0.15) is 0 Å². The lowest BCUT2D eigenvalue weighted by Crippen LogP contribution is -2.34. The van der Waals surface area contributed by atoms with Crippen LogP contribution in [0.2, 0.25) is 0 Å². The van der Waals surface area contributed by atoms with Crippen molar-refractivity contribution in [2.24, 2.45) is 5.92 Å². The highest BCUT2D eigenvalue weighted by Gasteiger charge is 2.20. The second-order valence-corrected chi connectivity index (χ2v) is 4.41. The van der Waals surface area contributed by atoms with E-state index in [1.54, 1.807) is 4.90 Å². The zero-order chi connectivity index (χ0) is 12.1. The van der Waals surface area contributed by atoms with Crippen LogP contribution in [0.1, 0.15) is 25.7 Å². The van der Waals surface area contributed by atoms with Gasteiger partial charge in [0.25, 0.3) is 0 Å². The fourth-order valence-corrected chi connectivity index (χ4v) is 2.15. The molecule has 17 heavy (non-hydrogen) atoms. The number of hydrogen-bond donors (Lipinski definition) is 1. The first-order valence-electron chi connectivity index (χ1n) is 6.13. The summed E-state index contributed by atoms with van der Waals surface area (Å²) < 4.78 is 0. The Balaban J connectivity index is 1.58. The Hall–Kier alpha value is -1.36. The summed E-state index contributed by atoms with van der Waals surface area (Å²) in [6.07, 6.45) is 7.30. The molecule has 2 aliphatic rings. The summed E-state index contributed by atoms with van der Waals surface area (Å²) in [5, 5.41) is 0. The van der Waals surface area contributed by atoms with Gasteiger partial charge in [-0.25, -0.2) is 5.48 Å². The van der Waals surface area contributed by atoms with Crippen molar-refractivity contribution in [2.75, 3.05) is 19.7 Å². The quantitative estimate of drug-likeness (QED) is 0.434. The summed E-state index contributed by atoms with van der Waals surface area (Å²) in [4.78, 5) is 29.7. The maximum absolute atomic E-state index is 11.5. The maximum atomic E-state index is 11.5. The fraction of sp³-hybridized carbons (Fsp3) is 0.667. The van der Waals surface area contributed by atoms with Gasteiger partial charge < -0.3 is 4.90 Å². The fourth-order valence-electron chi connectivity index (χ4n) is 2.15.